The van der Waals surface area contributed by atoms with Crippen LogP contribution in [-0.4, -0.2) is 24.7 Å². The van der Waals surface area contributed by atoms with E-state index in [1.165, 1.54) is 18.5 Å². The van der Waals surface area contributed by atoms with Gasteiger partial charge in [0, 0.05) is 25.9 Å². The number of nitrogens with zero attached hydrogens (tertiary/aromatic N) is 4. The summed E-state index contributed by atoms with van der Waals surface area (Å²) in [6.07, 6.45) is 6.20. The van der Waals surface area contributed by atoms with Gasteiger partial charge in [0.15, 0.2) is 5.82 Å². The number of hydrogen-bond donors (Lipinski definition) is 2. The van der Waals surface area contributed by atoms with Crippen LogP contribution in [0.5, 0.6) is 0 Å². The van der Waals surface area contributed by atoms with Gasteiger partial charge in [-0.15, -0.1) is 10.2 Å². The summed E-state index contributed by atoms with van der Waals surface area (Å²) in [4.78, 5) is 7.55. The number of H-pyrrole nitrogens is 1. The second kappa shape index (κ2) is 3.91. The van der Waals surface area contributed by atoms with Crippen LogP contribution >= 0.6 is 0 Å². The van der Waals surface area contributed by atoms with Gasteiger partial charge in [-0.05, 0) is 12.8 Å². The van der Waals surface area contributed by atoms with Crippen molar-refractivity contribution in [1.82, 2.24) is 30.0 Å². The predicted octanol–water partition coefficient (Wildman–Crippen LogP) is 0.724. The van der Waals surface area contributed by atoms with Gasteiger partial charge >= 0.3 is 0 Å². The molecule has 0 spiro atoms. The van der Waals surface area contributed by atoms with Gasteiger partial charge in [0.25, 0.3) is 0 Å². The molecule has 0 radical (unpaired) electrons. The number of rotatable bonds is 1. The highest BCUT2D eigenvalue weighted by molar-refractivity contribution is 5.19. The first-order chi connectivity index (χ1) is 8.92. The van der Waals surface area contributed by atoms with E-state index in [-0.39, 0.29) is 6.04 Å². The van der Waals surface area contributed by atoms with E-state index in [9.17, 15) is 0 Å². The monoisotopic (exact) mass is 244 g/mol. The van der Waals surface area contributed by atoms with Gasteiger partial charge in [0.05, 0.1) is 23.8 Å². The zero-order valence-electron chi connectivity index (χ0n) is 10.2. The largest absolute Gasteiger partial charge is 0.347 e. The molecule has 18 heavy (non-hydrogen) atoms. The summed E-state index contributed by atoms with van der Waals surface area (Å²) < 4.78 is 2.29. The average molecular weight is 244 g/mol. The summed E-state index contributed by atoms with van der Waals surface area (Å²) >= 11 is 0. The van der Waals surface area contributed by atoms with Crippen molar-refractivity contribution in [2.75, 3.05) is 0 Å². The summed E-state index contributed by atoms with van der Waals surface area (Å²) in [6, 6.07) is 0.250. The summed E-state index contributed by atoms with van der Waals surface area (Å²) in [5.41, 5.74) is 2.36. The lowest BCUT2D eigenvalue weighted by molar-refractivity contribution is 0.426. The van der Waals surface area contributed by atoms with Gasteiger partial charge in [-0.3, -0.25) is 0 Å². The highest BCUT2D eigenvalue weighted by Gasteiger charge is 2.27. The Kier molecular flexibility index (Phi) is 2.23. The van der Waals surface area contributed by atoms with E-state index in [0.717, 1.165) is 43.3 Å². The maximum Gasteiger partial charge on any atom is 0.150 e. The van der Waals surface area contributed by atoms with E-state index in [1.807, 2.05) is 0 Å². The van der Waals surface area contributed by atoms with Crippen LogP contribution in [0, 0.1) is 0 Å². The van der Waals surface area contributed by atoms with E-state index in [4.69, 9.17) is 0 Å². The molecule has 1 unspecified atom stereocenters. The molecule has 4 heterocycles. The lowest BCUT2D eigenvalue weighted by Gasteiger charge is -2.24. The second-order valence-electron chi connectivity index (χ2n) is 5.05. The minimum absolute atomic E-state index is 0.250. The molecule has 0 amide bonds. The molecule has 94 valence electrons. The van der Waals surface area contributed by atoms with E-state index in [0.29, 0.717) is 0 Å². The van der Waals surface area contributed by atoms with E-state index < -0.39 is 0 Å². The Hall–Kier alpha value is -1.69. The van der Waals surface area contributed by atoms with Gasteiger partial charge in [0.1, 0.15) is 5.82 Å². The number of hydrogen-bond acceptors (Lipinski definition) is 4. The Bertz CT molecular complexity index is 569. The first-order valence-electron chi connectivity index (χ1n) is 6.58. The summed E-state index contributed by atoms with van der Waals surface area (Å²) in [6.45, 7) is 1.89. The SMILES string of the molecule is c1nc2c([nH]1)CNC(c1nnc3n1CCCC3)C2. The third-order valence-corrected chi connectivity index (χ3v) is 3.93. The van der Waals surface area contributed by atoms with Crippen LogP contribution in [0.1, 0.15) is 41.9 Å². The van der Waals surface area contributed by atoms with Crippen LogP contribution < -0.4 is 5.32 Å². The number of imidazole rings is 1. The molecule has 2 aromatic rings. The van der Waals surface area contributed by atoms with Crippen molar-refractivity contribution in [2.24, 2.45) is 0 Å². The Morgan fingerprint density at radius 1 is 1.28 bits per heavy atom. The lowest BCUT2D eigenvalue weighted by atomic mass is 10.0. The molecule has 2 N–H and O–H groups in total. The molecule has 0 bridgehead atoms. The molecule has 0 saturated heterocycles. The number of nitrogens with one attached hydrogen (secondary N) is 2. The Balaban J connectivity index is 1.67. The predicted molar refractivity (Wildman–Crippen MR) is 64.8 cm³/mol. The van der Waals surface area contributed by atoms with E-state index in [1.54, 1.807) is 6.33 Å². The normalized spacial score (nSPS) is 22.6. The fourth-order valence-electron chi connectivity index (χ4n) is 2.94. The van der Waals surface area contributed by atoms with Crippen molar-refractivity contribution in [3.05, 3.63) is 29.4 Å². The van der Waals surface area contributed by atoms with Crippen molar-refractivity contribution in [3.63, 3.8) is 0 Å². The molecule has 6 heteroatoms. The highest BCUT2D eigenvalue weighted by Crippen LogP contribution is 2.25. The fraction of sp³-hybridized carbons (Fsp3) is 0.583. The molecule has 0 fully saturated rings. The summed E-state index contributed by atoms with van der Waals surface area (Å²) in [5, 5.41) is 12.2. The van der Waals surface area contributed by atoms with Gasteiger partial charge < -0.3 is 14.9 Å². The van der Waals surface area contributed by atoms with E-state index in [2.05, 4.69) is 30.0 Å². The Morgan fingerprint density at radius 2 is 2.28 bits per heavy atom. The van der Waals surface area contributed by atoms with Crippen LogP contribution in [0.4, 0.5) is 0 Å². The molecule has 0 saturated carbocycles. The average Bonchev–Trinajstić information content (AvgIpc) is 3.04. The van der Waals surface area contributed by atoms with Gasteiger partial charge in [-0.1, -0.05) is 0 Å². The lowest BCUT2D eigenvalue weighted by Crippen LogP contribution is -2.31. The Labute approximate surface area is 105 Å². The van der Waals surface area contributed by atoms with Crippen molar-refractivity contribution in [3.8, 4) is 0 Å². The zero-order valence-corrected chi connectivity index (χ0v) is 10.2. The third kappa shape index (κ3) is 1.49. The first-order valence-corrected chi connectivity index (χ1v) is 6.58. The highest BCUT2D eigenvalue weighted by atomic mass is 15.3. The molecular formula is C12H16N6. The van der Waals surface area contributed by atoms with Gasteiger partial charge in [-0.25, -0.2) is 4.98 Å². The van der Waals surface area contributed by atoms with Crippen LogP contribution in [-0.2, 0) is 25.9 Å². The smallest absolute Gasteiger partial charge is 0.150 e. The molecule has 0 aliphatic carbocycles. The number of aryl methyl sites for hydroxylation is 1. The zero-order chi connectivity index (χ0) is 11.9. The minimum atomic E-state index is 0.250. The van der Waals surface area contributed by atoms with E-state index >= 15 is 0 Å². The van der Waals surface area contributed by atoms with Crippen LogP contribution in [0.15, 0.2) is 6.33 Å². The molecule has 2 aliphatic rings. The topological polar surface area (TPSA) is 71.4 Å². The molecule has 6 nitrogen and oxygen atoms in total. The Morgan fingerprint density at radius 3 is 3.28 bits per heavy atom. The van der Waals surface area contributed by atoms with Crippen LogP contribution in [0.3, 0.4) is 0 Å². The van der Waals surface area contributed by atoms with Gasteiger partial charge in [-0.2, -0.15) is 0 Å². The van der Waals surface area contributed by atoms with Crippen LogP contribution in [0.25, 0.3) is 0 Å². The molecule has 0 aromatic carbocycles. The van der Waals surface area contributed by atoms with Gasteiger partial charge in [0.2, 0.25) is 0 Å². The standard InChI is InChI=1S/C12H16N6/c1-2-4-18-11(3-1)16-17-12(18)9-5-8-10(6-13-9)15-7-14-8/h7,9,13H,1-6H2,(H,14,15). The first kappa shape index (κ1) is 10.3. The molecule has 1 atom stereocenters. The van der Waals surface area contributed by atoms with Crippen molar-refractivity contribution >= 4 is 0 Å². The maximum absolute atomic E-state index is 4.39. The molecule has 2 aromatic heterocycles. The molecule has 4 rings (SSSR count). The van der Waals surface area contributed by atoms with Crippen molar-refractivity contribution in [2.45, 2.75) is 44.8 Å². The third-order valence-electron chi connectivity index (χ3n) is 3.93. The van der Waals surface area contributed by atoms with Crippen molar-refractivity contribution in [1.29, 1.82) is 0 Å². The summed E-state index contributed by atoms with van der Waals surface area (Å²) in [7, 11) is 0. The number of fused-ring (bicyclic) bond motifs is 2. The molecular weight excluding hydrogens is 228 g/mol. The quantitative estimate of drug-likeness (QED) is 0.775. The minimum Gasteiger partial charge on any atom is -0.347 e. The van der Waals surface area contributed by atoms with Crippen molar-refractivity contribution < 1.29 is 0 Å². The van der Waals surface area contributed by atoms with Crippen LogP contribution in [0.2, 0.25) is 0 Å². The fourth-order valence-corrected chi connectivity index (χ4v) is 2.94. The number of aromatic nitrogens is 5. The summed E-state index contributed by atoms with van der Waals surface area (Å²) in [5.74, 6) is 2.23. The maximum atomic E-state index is 4.39. The second-order valence-corrected chi connectivity index (χ2v) is 5.05. The molecule has 2 aliphatic heterocycles. The number of aromatic amines is 1.